The molecule has 5 nitrogen and oxygen atoms in total. The standard InChI is InChI=1S/C12H21N3O2S/c1-3-10(4-2)9-14-11-6-5-7-12(8-11)15-18(13,16)17/h5-8,10,14-15H,3-4,9H2,1-2H3,(H2,13,16,17). The number of hydrogen-bond donors (Lipinski definition) is 3. The van der Waals surface area contributed by atoms with Crippen LogP contribution in [0.15, 0.2) is 24.3 Å². The molecule has 1 rings (SSSR count). The maximum Gasteiger partial charge on any atom is 0.296 e. The molecule has 0 aliphatic rings. The van der Waals surface area contributed by atoms with Gasteiger partial charge in [-0.3, -0.25) is 4.72 Å². The lowest BCUT2D eigenvalue weighted by Gasteiger charge is -2.15. The third-order valence-electron chi connectivity index (χ3n) is 2.87. The van der Waals surface area contributed by atoms with Gasteiger partial charge >= 0.3 is 0 Å². The number of hydrogen-bond acceptors (Lipinski definition) is 3. The molecule has 0 saturated heterocycles. The van der Waals surface area contributed by atoms with Crippen LogP contribution >= 0.6 is 0 Å². The molecule has 0 aromatic heterocycles. The molecule has 0 radical (unpaired) electrons. The summed E-state index contributed by atoms with van der Waals surface area (Å²) in [7, 11) is -3.71. The Bertz CT molecular complexity index is 470. The van der Waals surface area contributed by atoms with E-state index in [0.29, 0.717) is 11.6 Å². The predicted octanol–water partition coefficient (Wildman–Crippen LogP) is 2.15. The van der Waals surface area contributed by atoms with Crippen molar-refractivity contribution in [3.05, 3.63) is 24.3 Å². The van der Waals surface area contributed by atoms with Gasteiger partial charge in [-0.2, -0.15) is 8.42 Å². The van der Waals surface area contributed by atoms with Crippen molar-refractivity contribution in [2.45, 2.75) is 26.7 Å². The van der Waals surface area contributed by atoms with E-state index < -0.39 is 10.2 Å². The van der Waals surface area contributed by atoms with E-state index in [1.165, 1.54) is 0 Å². The molecule has 0 aliphatic carbocycles. The van der Waals surface area contributed by atoms with Crippen LogP contribution in [0.1, 0.15) is 26.7 Å². The zero-order valence-electron chi connectivity index (χ0n) is 10.8. The van der Waals surface area contributed by atoms with Crippen LogP contribution < -0.4 is 15.2 Å². The Labute approximate surface area is 109 Å². The van der Waals surface area contributed by atoms with Crippen LogP contribution in [-0.4, -0.2) is 15.0 Å². The number of nitrogens with two attached hydrogens (primary N) is 1. The molecule has 0 spiro atoms. The third-order valence-corrected chi connectivity index (χ3v) is 3.39. The summed E-state index contributed by atoms with van der Waals surface area (Å²) in [6, 6.07) is 7.07. The first-order valence-corrected chi connectivity index (χ1v) is 7.63. The Morgan fingerprint density at radius 3 is 2.39 bits per heavy atom. The summed E-state index contributed by atoms with van der Waals surface area (Å²) < 4.78 is 24.1. The van der Waals surface area contributed by atoms with Gasteiger partial charge in [0, 0.05) is 12.2 Å². The fourth-order valence-corrected chi connectivity index (χ4v) is 2.15. The fraction of sp³-hybridized carbons (Fsp3) is 0.500. The second-order valence-corrected chi connectivity index (χ2v) is 5.59. The monoisotopic (exact) mass is 271 g/mol. The summed E-state index contributed by atoms with van der Waals surface area (Å²) in [5.41, 5.74) is 1.35. The molecule has 1 aromatic carbocycles. The average molecular weight is 271 g/mol. The van der Waals surface area contributed by atoms with Crippen LogP contribution in [0.3, 0.4) is 0 Å². The Morgan fingerprint density at radius 1 is 1.22 bits per heavy atom. The molecule has 0 bridgehead atoms. The maximum absolute atomic E-state index is 10.9. The Balaban J connectivity index is 2.65. The molecule has 0 unspecified atom stereocenters. The van der Waals surface area contributed by atoms with Crippen molar-refractivity contribution in [3.8, 4) is 0 Å². The molecule has 0 atom stereocenters. The highest BCUT2D eigenvalue weighted by Crippen LogP contribution is 2.17. The van der Waals surface area contributed by atoms with Crippen LogP contribution in [0.4, 0.5) is 11.4 Å². The number of anilines is 2. The molecule has 0 fully saturated rings. The average Bonchev–Trinajstić information content (AvgIpc) is 2.28. The summed E-state index contributed by atoms with van der Waals surface area (Å²) in [4.78, 5) is 0. The highest BCUT2D eigenvalue weighted by Gasteiger charge is 2.05. The van der Waals surface area contributed by atoms with Crippen molar-refractivity contribution in [1.82, 2.24) is 0 Å². The lowest BCUT2D eigenvalue weighted by Crippen LogP contribution is -2.21. The molecular weight excluding hydrogens is 250 g/mol. The molecule has 4 N–H and O–H groups in total. The first-order chi connectivity index (χ1) is 8.44. The van der Waals surface area contributed by atoms with Crippen molar-refractivity contribution < 1.29 is 8.42 Å². The molecule has 0 aliphatic heterocycles. The Kier molecular flexibility index (Phi) is 5.43. The quantitative estimate of drug-likeness (QED) is 0.710. The fourth-order valence-electron chi connectivity index (χ4n) is 1.70. The lowest BCUT2D eigenvalue weighted by molar-refractivity contribution is 0.519. The molecule has 102 valence electrons. The largest absolute Gasteiger partial charge is 0.385 e. The minimum absolute atomic E-state index is 0.465. The third kappa shape index (κ3) is 5.37. The summed E-state index contributed by atoms with van der Waals surface area (Å²) in [5, 5.41) is 8.22. The summed E-state index contributed by atoms with van der Waals surface area (Å²) in [5.74, 6) is 0.625. The van der Waals surface area contributed by atoms with Crippen molar-refractivity contribution in [2.75, 3.05) is 16.6 Å². The normalized spacial score (nSPS) is 11.6. The molecular formula is C12H21N3O2S. The van der Waals surface area contributed by atoms with Crippen LogP contribution in [0, 0.1) is 5.92 Å². The van der Waals surface area contributed by atoms with Gasteiger partial charge in [-0.1, -0.05) is 32.8 Å². The molecule has 1 aromatic rings. The number of rotatable bonds is 7. The molecule has 0 amide bonds. The van der Waals surface area contributed by atoms with Gasteiger partial charge in [-0.15, -0.1) is 0 Å². The topological polar surface area (TPSA) is 84.2 Å². The van der Waals surface area contributed by atoms with Gasteiger partial charge in [0.15, 0.2) is 0 Å². The summed E-state index contributed by atoms with van der Waals surface area (Å²) >= 11 is 0. The van der Waals surface area contributed by atoms with Gasteiger partial charge in [-0.25, -0.2) is 5.14 Å². The van der Waals surface area contributed by atoms with E-state index in [9.17, 15) is 8.42 Å². The lowest BCUT2D eigenvalue weighted by atomic mass is 10.0. The van der Waals surface area contributed by atoms with E-state index in [-0.39, 0.29) is 0 Å². The number of nitrogens with one attached hydrogen (secondary N) is 2. The first-order valence-electron chi connectivity index (χ1n) is 6.09. The zero-order valence-corrected chi connectivity index (χ0v) is 11.6. The van der Waals surface area contributed by atoms with E-state index in [4.69, 9.17) is 5.14 Å². The molecule has 18 heavy (non-hydrogen) atoms. The van der Waals surface area contributed by atoms with Gasteiger partial charge in [0.1, 0.15) is 0 Å². The van der Waals surface area contributed by atoms with Gasteiger partial charge < -0.3 is 5.32 Å². The summed E-state index contributed by atoms with van der Waals surface area (Å²) in [6.07, 6.45) is 2.25. The SMILES string of the molecule is CCC(CC)CNc1cccc(NS(N)(=O)=O)c1. The highest BCUT2D eigenvalue weighted by atomic mass is 32.2. The van der Waals surface area contributed by atoms with E-state index in [1.54, 1.807) is 18.2 Å². The van der Waals surface area contributed by atoms with Crippen molar-refractivity contribution in [2.24, 2.45) is 11.1 Å². The molecule has 0 heterocycles. The zero-order chi connectivity index (χ0) is 13.6. The number of benzene rings is 1. The highest BCUT2D eigenvalue weighted by molar-refractivity contribution is 7.90. The van der Waals surface area contributed by atoms with E-state index >= 15 is 0 Å². The summed E-state index contributed by atoms with van der Waals surface area (Å²) in [6.45, 7) is 5.20. The van der Waals surface area contributed by atoms with Crippen LogP contribution in [0.5, 0.6) is 0 Å². The van der Waals surface area contributed by atoms with Crippen LogP contribution in [0.25, 0.3) is 0 Å². The van der Waals surface area contributed by atoms with Gasteiger partial charge in [0.2, 0.25) is 0 Å². The predicted molar refractivity (Wildman–Crippen MR) is 75.7 cm³/mol. The van der Waals surface area contributed by atoms with Gasteiger partial charge in [-0.05, 0) is 24.1 Å². The van der Waals surface area contributed by atoms with Gasteiger partial charge in [0.25, 0.3) is 10.2 Å². The second kappa shape index (κ2) is 6.61. The van der Waals surface area contributed by atoms with E-state index in [0.717, 1.165) is 25.1 Å². The first kappa shape index (κ1) is 14.8. The second-order valence-electron chi connectivity index (χ2n) is 4.29. The van der Waals surface area contributed by atoms with Crippen molar-refractivity contribution in [3.63, 3.8) is 0 Å². The van der Waals surface area contributed by atoms with Crippen LogP contribution in [0.2, 0.25) is 0 Å². The van der Waals surface area contributed by atoms with E-state index in [2.05, 4.69) is 23.9 Å². The van der Waals surface area contributed by atoms with E-state index in [1.807, 2.05) is 6.07 Å². The smallest absolute Gasteiger partial charge is 0.296 e. The minimum Gasteiger partial charge on any atom is -0.385 e. The molecule has 0 saturated carbocycles. The van der Waals surface area contributed by atoms with Crippen molar-refractivity contribution in [1.29, 1.82) is 0 Å². The Hall–Kier alpha value is -1.27. The maximum atomic E-state index is 10.9. The van der Waals surface area contributed by atoms with Crippen molar-refractivity contribution >= 4 is 21.6 Å². The Morgan fingerprint density at radius 2 is 1.83 bits per heavy atom. The molecule has 6 heteroatoms. The van der Waals surface area contributed by atoms with Crippen LogP contribution in [-0.2, 0) is 10.2 Å². The van der Waals surface area contributed by atoms with Gasteiger partial charge in [0.05, 0.1) is 5.69 Å². The minimum atomic E-state index is -3.71.